The molecule has 0 aliphatic heterocycles. The predicted octanol–water partition coefficient (Wildman–Crippen LogP) is 6.49. The molecule has 0 heterocycles. The summed E-state index contributed by atoms with van der Waals surface area (Å²) >= 11 is 0. The molecule has 42 heavy (non-hydrogen) atoms. The van der Waals surface area contributed by atoms with Gasteiger partial charge in [-0.25, -0.2) is 22.8 Å². The van der Waals surface area contributed by atoms with Gasteiger partial charge in [-0.2, -0.15) is 0 Å². The Labute approximate surface area is 243 Å². The van der Waals surface area contributed by atoms with E-state index in [0.29, 0.717) is 17.1 Å². The van der Waals surface area contributed by atoms with E-state index in [2.05, 4.69) is 10.6 Å². The van der Waals surface area contributed by atoms with Gasteiger partial charge in [-0.15, -0.1) is 0 Å². The van der Waals surface area contributed by atoms with Crippen molar-refractivity contribution in [3.63, 3.8) is 0 Å². The van der Waals surface area contributed by atoms with Crippen LogP contribution in [-0.4, -0.2) is 42.8 Å². The minimum Gasteiger partial charge on any atom is -0.493 e. The second-order valence-electron chi connectivity index (χ2n) is 10.6. The van der Waals surface area contributed by atoms with Crippen LogP contribution in [0.15, 0.2) is 60.7 Å². The third-order valence-electron chi connectivity index (χ3n) is 6.05. The molecule has 1 unspecified atom stereocenters. The van der Waals surface area contributed by atoms with E-state index < -0.39 is 35.4 Å². The highest BCUT2D eigenvalue weighted by atomic mass is 19.1. The standard InChI is InChI=1S/C31H36F3N3O5/c1-20(22-7-10-24(32)11-8-22)36-29(38)37(15-14-35-30(39)42-31(2,3)4)18-21-6-13-27(28(16-21)40-5)41-19-23-9-12-25(33)17-26(23)34/h6-13,16-17,20H,14-15,18-19H2,1-5H3,(H,35,39)(H,36,38). The molecule has 0 radical (unpaired) electrons. The van der Waals surface area contributed by atoms with Crippen LogP contribution in [0, 0.1) is 17.5 Å². The van der Waals surface area contributed by atoms with Gasteiger partial charge in [0.15, 0.2) is 11.5 Å². The van der Waals surface area contributed by atoms with Crippen LogP contribution in [0.3, 0.4) is 0 Å². The third-order valence-corrected chi connectivity index (χ3v) is 6.05. The Kier molecular flexibility index (Phi) is 11.1. The topological polar surface area (TPSA) is 89.1 Å². The van der Waals surface area contributed by atoms with Crippen molar-refractivity contribution >= 4 is 12.1 Å². The molecule has 3 rings (SSSR count). The van der Waals surface area contributed by atoms with Gasteiger partial charge in [0, 0.05) is 31.3 Å². The number of hydrogen-bond donors (Lipinski definition) is 2. The average Bonchev–Trinajstić information content (AvgIpc) is 2.91. The van der Waals surface area contributed by atoms with Gasteiger partial charge in [-0.05, 0) is 75.2 Å². The minimum absolute atomic E-state index is 0.120. The molecule has 3 amide bonds. The predicted molar refractivity (Wildman–Crippen MR) is 152 cm³/mol. The fourth-order valence-corrected chi connectivity index (χ4v) is 3.92. The zero-order valence-electron chi connectivity index (χ0n) is 24.3. The normalized spacial score (nSPS) is 11.8. The molecule has 3 aromatic rings. The van der Waals surface area contributed by atoms with Crippen LogP contribution in [0.5, 0.6) is 11.5 Å². The van der Waals surface area contributed by atoms with Gasteiger partial charge in [0.1, 0.15) is 29.7 Å². The highest BCUT2D eigenvalue weighted by Gasteiger charge is 2.20. The van der Waals surface area contributed by atoms with E-state index >= 15 is 0 Å². The van der Waals surface area contributed by atoms with Crippen LogP contribution in [0.4, 0.5) is 22.8 Å². The van der Waals surface area contributed by atoms with Gasteiger partial charge in [-0.1, -0.05) is 18.2 Å². The number of nitrogens with zero attached hydrogens (tertiary/aromatic N) is 1. The van der Waals surface area contributed by atoms with Gasteiger partial charge in [0.2, 0.25) is 0 Å². The Morgan fingerprint density at radius 3 is 2.26 bits per heavy atom. The molecular formula is C31H36F3N3O5. The van der Waals surface area contributed by atoms with E-state index in [1.165, 1.54) is 30.2 Å². The monoisotopic (exact) mass is 587 g/mol. The molecule has 3 aromatic carbocycles. The SMILES string of the molecule is COc1cc(CN(CCNC(=O)OC(C)(C)C)C(=O)NC(C)c2ccc(F)cc2)ccc1OCc1ccc(F)cc1F. The highest BCUT2D eigenvalue weighted by molar-refractivity contribution is 5.75. The third kappa shape index (κ3) is 9.90. The highest BCUT2D eigenvalue weighted by Crippen LogP contribution is 2.30. The Hall–Kier alpha value is -4.41. The summed E-state index contributed by atoms with van der Waals surface area (Å²) in [6, 6.07) is 13.3. The molecule has 0 saturated carbocycles. The van der Waals surface area contributed by atoms with Crippen LogP contribution in [-0.2, 0) is 17.9 Å². The Morgan fingerprint density at radius 1 is 0.929 bits per heavy atom. The summed E-state index contributed by atoms with van der Waals surface area (Å²) in [5.41, 5.74) is 0.915. The molecule has 0 saturated heterocycles. The molecule has 2 N–H and O–H groups in total. The summed E-state index contributed by atoms with van der Waals surface area (Å²) in [5, 5.41) is 5.55. The number of benzene rings is 3. The molecular weight excluding hydrogens is 551 g/mol. The number of nitrogens with one attached hydrogen (secondary N) is 2. The summed E-state index contributed by atoms with van der Waals surface area (Å²) < 4.78 is 57.0. The first-order valence-corrected chi connectivity index (χ1v) is 13.4. The van der Waals surface area contributed by atoms with Gasteiger partial charge < -0.3 is 29.7 Å². The number of carbonyl (C=O) groups is 2. The lowest BCUT2D eigenvalue weighted by Crippen LogP contribution is -2.44. The lowest BCUT2D eigenvalue weighted by Gasteiger charge is -2.26. The van der Waals surface area contributed by atoms with E-state index in [1.54, 1.807) is 58.0 Å². The molecule has 0 spiro atoms. The van der Waals surface area contributed by atoms with Crippen LogP contribution < -0.4 is 20.1 Å². The summed E-state index contributed by atoms with van der Waals surface area (Å²) in [4.78, 5) is 26.9. The number of ether oxygens (including phenoxy) is 3. The number of methoxy groups -OCH3 is 1. The summed E-state index contributed by atoms with van der Waals surface area (Å²) in [6.07, 6.45) is -0.608. The Balaban J connectivity index is 1.73. The largest absolute Gasteiger partial charge is 0.493 e. The molecule has 1 atom stereocenters. The van der Waals surface area contributed by atoms with Gasteiger partial charge >= 0.3 is 12.1 Å². The zero-order chi connectivity index (χ0) is 30.9. The van der Waals surface area contributed by atoms with Crippen LogP contribution in [0.25, 0.3) is 0 Å². The van der Waals surface area contributed by atoms with E-state index in [1.807, 2.05) is 0 Å². The molecule has 0 aliphatic carbocycles. The number of amides is 3. The lowest BCUT2D eigenvalue weighted by atomic mass is 10.1. The zero-order valence-corrected chi connectivity index (χ0v) is 24.3. The number of hydrogen-bond acceptors (Lipinski definition) is 5. The number of halogens is 3. The molecule has 11 heteroatoms. The number of carbonyl (C=O) groups excluding carboxylic acids is 2. The molecule has 8 nitrogen and oxygen atoms in total. The van der Waals surface area contributed by atoms with Gasteiger partial charge in [-0.3, -0.25) is 0 Å². The number of urea groups is 1. The smallest absolute Gasteiger partial charge is 0.407 e. The first-order chi connectivity index (χ1) is 19.8. The van der Waals surface area contributed by atoms with Crippen molar-refractivity contribution < 1.29 is 37.0 Å². The average molecular weight is 588 g/mol. The second kappa shape index (κ2) is 14.5. The van der Waals surface area contributed by atoms with Crippen LogP contribution in [0.1, 0.15) is 50.4 Å². The van der Waals surface area contributed by atoms with Crippen molar-refractivity contribution in [2.45, 2.75) is 52.5 Å². The molecule has 0 bridgehead atoms. The van der Waals surface area contributed by atoms with Crippen molar-refractivity contribution in [3.8, 4) is 11.5 Å². The first kappa shape index (κ1) is 32.1. The van der Waals surface area contributed by atoms with E-state index in [0.717, 1.165) is 17.7 Å². The van der Waals surface area contributed by atoms with E-state index in [-0.39, 0.29) is 37.6 Å². The van der Waals surface area contributed by atoms with Crippen LogP contribution in [0.2, 0.25) is 0 Å². The fourth-order valence-electron chi connectivity index (χ4n) is 3.92. The maximum Gasteiger partial charge on any atom is 0.407 e. The van der Waals surface area contributed by atoms with Crippen molar-refractivity contribution in [2.24, 2.45) is 0 Å². The minimum atomic E-state index is -0.720. The maximum absolute atomic E-state index is 14.0. The molecule has 0 fully saturated rings. The van der Waals surface area contributed by atoms with Crippen molar-refractivity contribution in [1.29, 1.82) is 0 Å². The maximum atomic E-state index is 14.0. The van der Waals surface area contributed by atoms with Crippen molar-refractivity contribution in [3.05, 3.63) is 94.8 Å². The van der Waals surface area contributed by atoms with E-state index in [4.69, 9.17) is 14.2 Å². The van der Waals surface area contributed by atoms with Crippen molar-refractivity contribution in [1.82, 2.24) is 15.5 Å². The summed E-state index contributed by atoms with van der Waals surface area (Å²) in [5.74, 6) is -1.10. The molecule has 0 aliphatic rings. The quantitative estimate of drug-likeness (QED) is 0.268. The Bertz CT molecular complexity index is 1360. The van der Waals surface area contributed by atoms with Crippen molar-refractivity contribution in [2.75, 3.05) is 20.2 Å². The second-order valence-corrected chi connectivity index (χ2v) is 10.6. The van der Waals surface area contributed by atoms with Crippen LogP contribution >= 0.6 is 0 Å². The van der Waals surface area contributed by atoms with Gasteiger partial charge in [0.05, 0.1) is 13.2 Å². The summed E-state index contributed by atoms with van der Waals surface area (Å²) in [6.45, 7) is 7.29. The lowest BCUT2D eigenvalue weighted by molar-refractivity contribution is 0.0522. The van der Waals surface area contributed by atoms with E-state index in [9.17, 15) is 22.8 Å². The number of alkyl carbamates (subject to hydrolysis) is 1. The van der Waals surface area contributed by atoms with Gasteiger partial charge in [0.25, 0.3) is 0 Å². The molecule has 226 valence electrons. The fraction of sp³-hybridized carbons (Fsp3) is 0.355. The Morgan fingerprint density at radius 2 is 1.62 bits per heavy atom. The first-order valence-electron chi connectivity index (χ1n) is 13.4. The molecule has 0 aromatic heterocycles. The number of rotatable bonds is 11. The summed E-state index contributed by atoms with van der Waals surface area (Å²) in [7, 11) is 1.45.